The predicted octanol–water partition coefficient (Wildman–Crippen LogP) is 4.24. The number of aromatic amines is 1. The minimum absolute atomic E-state index is 0.286. The zero-order valence-corrected chi connectivity index (χ0v) is 12.4. The van der Waals surface area contributed by atoms with Gasteiger partial charge in [0.25, 0.3) is 0 Å². The van der Waals surface area contributed by atoms with Gasteiger partial charge in [-0.25, -0.2) is 0 Å². The van der Waals surface area contributed by atoms with E-state index < -0.39 is 6.10 Å². The van der Waals surface area contributed by atoms with Crippen LogP contribution in [0, 0.1) is 0 Å². The quantitative estimate of drug-likeness (QED) is 0.556. The molecule has 0 amide bonds. The maximum Gasteiger partial charge on any atom is 0.196 e. The van der Waals surface area contributed by atoms with Crippen LogP contribution >= 0.6 is 0 Å². The Hall–Kier alpha value is -2.91. The van der Waals surface area contributed by atoms with Gasteiger partial charge in [0.15, 0.2) is 5.78 Å². The van der Waals surface area contributed by atoms with Gasteiger partial charge in [0.2, 0.25) is 0 Å². The van der Waals surface area contributed by atoms with Crippen molar-refractivity contribution in [1.29, 1.82) is 0 Å². The Balaban J connectivity index is 1.81. The van der Waals surface area contributed by atoms with Gasteiger partial charge in [0.1, 0.15) is 6.10 Å². The number of fused-ring (bicyclic) bond motifs is 2. The molecule has 3 nitrogen and oxygen atoms in total. The van der Waals surface area contributed by atoms with Crippen molar-refractivity contribution >= 4 is 27.5 Å². The Morgan fingerprint density at radius 1 is 0.870 bits per heavy atom. The molecule has 0 spiro atoms. The predicted molar refractivity (Wildman–Crippen MR) is 91.5 cm³/mol. The van der Waals surface area contributed by atoms with Crippen LogP contribution in [0.3, 0.4) is 0 Å². The first-order chi connectivity index (χ1) is 11.3. The molecule has 0 saturated heterocycles. The number of benzene rings is 3. The molecule has 1 heterocycles. The zero-order chi connectivity index (χ0) is 15.8. The number of hydrogen-bond acceptors (Lipinski definition) is 2. The lowest BCUT2D eigenvalue weighted by Gasteiger charge is -2.11. The van der Waals surface area contributed by atoms with Gasteiger partial charge < -0.3 is 10.1 Å². The normalized spacial score (nSPS) is 12.6. The Labute approximate surface area is 133 Å². The van der Waals surface area contributed by atoms with Crippen LogP contribution in [0.4, 0.5) is 0 Å². The first kappa shape index (κ1) is 13.7. The number of nitrogens with one attached hydrogen (secondary N) is 1. The number of aliphatic hydroxyl groups is 1. The maximum atomic E-state index is 12.8. The Bertz CT molecular complexity index is 1010. The van der Waals surface area contributed by atoms with E-state index in [4.69, 9.17) is 0 Å². The zero-order valence-electron chi connectivity index (χ0n) is 12.4. The van der Waals surface area contributed by atoms with Crippen LogP contribution in [0.1, 0.15) is 22.0 Å². The van der Waals surface area contributed by atoms with Crippen LogP contribution < -0.4 is 0 Å². The number of para-hydroxylation sites is 1. The summed E-state index contributed by atoms with van der Waals surface area (Å²) in [5.74, 6) is -0.286. The molecule has 2 N–H and O–H groups in total. The van der Waals surface area contributed by atoms with Gasteiger partial charge >= 0.3 is 0 Å². The molecular weight excluding hydrogens is 286 g/mol. The highest BCUT2D eigenvalue weighted by Gasteiger charge is 2.23. The average molecular weight is 301 g/mol. The summed E-state index contributed by atoms with van der Waals surface area (Å²) >= 11 is 0. The van der Waals surface area contributed by atoms with Crippen molar-refractivity contribution in [2.75, 3.05) is 0 Å². The van der Waals surface area contributed by atoms with Crippen molar-refractivity contribution in [2.45, 2.75) is 6.10 Å². The maximum absolute atomic E-state index is 12.8. The number of Topliss-reactive ketones (excluding diaryl/α,β-unsaturated/α-hetero) is 1. The summed E-state index contributed by atoms with van der Waals surface area (Å²) in [6.07, 6.45) is 0.523. The molecule has 0 bridgehead atoms. The molecule has 1 unspecified atom stereocenters. The molecule has 3 aromatic carbocycles. The van der Waals surface area contributed by atoms with Crippen molar-refractivity contribution in [3.8, 4) is 0 Å². The van der Waals surface area contributed by atoms with Crippen LogP contribution in [0.5, 0.6) is 0 Å². The highest BCUT2D eigenvalue weighted by atomic mass is 16.3. The van der Waals surface area contributed by atoms with Gasteiger partial charge in [0, 0.05) is 28.2 Å². The van der Waals surface area contributed by atoms with Gasteiger partial charge in [0.05, 0.1) is 0 Å². The van der Waals surface area contributed by atoms with E-state index in [9.17, 15) is 9.90 Å². The first-order valence-corrected chi connectivity index (χ1v) is 7.52. The number of aromatic nitrogens is 1. The molecule has 3 heteroatoms. The Morgan fingerprint density at radius 2 is 1.57 bits per heavy atom. The number of aliphatic hydroxyl groups excluding tert-OH is 1. The van der Waals surface area contributed by atoms with Crippen LogP contribution in [-0.4, -0.2) is 15.9 Å². The Morgan fingerprint density at radius 3 is 2.43 bits per heavy atom. The third kappa shape index (κ3) is 2.22. The lowest BCUT2D eigenvalue weighted by Crippen LogP contribution is -2.12. The van der Waals surface area contributed by atoms with E-state index in [1.54, 1.807) is 12.3 Å². The van der Waals surface area contributed by atoms with E-state index in [1.807, 2.05) is 60.7 Å². The molecule has 0 saturated carbocycles. The van der Waals surface area contributed by atoms with Crippen molar-refractivity contribution in [3.63, 3.8) is 0 Å². The highest BCUT2D eigenvalue weighted by molar-refractivity contribution is 6.11. The molecule has 0 fully saturated rings. The van der Waals surface area contributed by atoms with E-state index in [-0.39, 0.29) is 5.78 Å². The van der Waals surface area contributed by atoms with Gasteiger partial charge in [-0.15, -0.1) is 0 Å². The van der Waals surface area contributed by atoms with Crippen molar-refractivity contribution < 1.29 is 9.90 Å². The summed E-state index contributed by atoms with van der Waals surface area (Å²) < 4.78 is 0. The fraction of sp³-hybridized carbons (Fsp3) is 0.0500. The molecule has 0 aliphatic heterocycles. The van der Waals surface area contributed by atoms with Gasteiger partial charge in [-0.3, -0.25) is 4.79 Å². The number of carbonyl (C=O) groups excluding carboxylic acids is 1. The third-order valence-electron chi connectivity index (χ3n) is 4.22. The minimum Gasteiger partial charge on any atom is -0.380 e. The van der Waals surface area contributed by atoms with Gasteiger partial charge in [-0.05, 0) is 16.8 Å². The monoisotopic (exact) mass is 301 g/mol. The number of rotatable bonds is 3. The van der Waals surface area contributed by atoms with Crippen molar-refractivity contribution in [2.24, 2.45) is 0 Å². The topological polar surface area (TPSA) is 53.1 Å². The van der Waals surface area contributed by atoms with E-state index in [0.717, 1.165) is 21.7 Å². The fourth-order valence-electron chi connectivity index (χ4n) is 3.05. The molecule has 112 valence electrons. The van der Waals surface area contributed by atoms with E-state index in [0.29, 0.717) is 11.1 Å². The summed E-state index contributed by atoms with van der Waals surface area (Å²) in [6.45, 7) is 0. The van der Waals surface area contributed by atoms with E-state index >= 15 is 0 Å². The van der Waals surface area contributed by atoms with E-state index in [2.05, 4.69) is 4.98 Å². The largest absolute Gasteiger partial charge is 0.380 e. The molecule has 0 radical (unpaired) electrons. The molecule has 4 rings (SSSR count). The van der Waals surface area contributed by atoms with E-state index in [1.165, 1.54) is 0 Å². The standard InChI is InChI=1S/C20H15NO2/c22-19(16-10-5-7-13-6-1-2-8-14(13)16)20(23)17-12-21-18-11-4-3-9-15(17)18/h1-12,20-21,23H. The number of ketones is 1. The average Bonchev–Trinajstić information content (AvgIpc) is 3.04. The molecule has 1 atom stereocenters. The summed E-state index contributed by atoms with van der Waals surface area (Å²) in [6, 6.07) is 20.9. The smallest absolute Gasteiger partial charge is 0.196 e. The van der Waals surface area contributed by atoms with Gasteiger partial charge in [-0.1, -0.05) is 60.7 Å². The van der Waals surface area contributed by atoms with Crippen LogP contribution in [0.2, 0.25) is 0 Å². The van der Waals surface area contributed by atoms with Crippen LogP contribution in [-0.2, 0) is 0 Å². The highest BCUT2D eigenvalue weighted by Crippen LogP contribution is 2.29. The summed E-state index contributed by atoms with van der Waals surface area (Å²) in [4.78, 5) is 15.9. The Kier molecular flexibility index (Phi) is 3.21. The lowest BCUT2D eigenvalue weighted by atomic mass is 9.95. The first-order valence-electron chi connectivity index (χ1n) is 7.52. The molecular formula is C20H15NO2. The summed E-state index contributed by atoms with van der Waals surface area (Å²) in [5, 5.41) is 13.3. The lowest BCUT2D eigenvalue weighted by molar-refractivity contribution is 0.0752. The third-order valence-corrected chi connectivity index (χ3v) is 4.22. The summed E-state index contributed by atoms with van der Waals surface area (Å²) in [5.41, 5.74) is 2.06. The number of H-pyrrole nitrogens is 1. The number of carbonyl (C=O) groups is 1. The summed E-state index contributed by atoms with van der Waals surface area (Å²) in [7, 11) is 0. The minimum atomic E-state index is -1.18. The molecule has 0 aliphatic rings. The SMILES string of the molecule is O=C(c1cccc2ccccc12)C(O)c1c[nH]c2ccccc12. The second kappa shape index (κ2) is 5.38. The molecule has 4 aromatic rings. The molecule has 23 heavy (non-hydrogen) atoms. The van der Waals surface area contributed by atoms with Crippen LogP contribution in [0.15, 0.2) is 72.9 Å². The molecule has 0 aliphatic carbocycles. The second-order valence-corrected chi connectivity index (χ2v) is 5.58. The second-order valence-electron chi connectivity index (χ2n) is 5.58. The molecule has 1 aromatic heterocycles. The van der Waals surface area contributed by atoms with Gasteiger partial charge in [-0.2, -0.15) is 0 Å². The van der Waals surface area contributed by atoms with Crippen molar-refractivity contribution in [3.05, 3.63) is 84.1 Å². The van der Waals surface area contributed by atoms with Crippen molar-refractivity contribution in [1.82, 2.24) is 4.98 Å². The number of hydrogen-bond donors (Lipinski definition) is 2. The van der Waals surface area contributed by atoms with Crippen LogP contribution in [0.25, 0.3) is 21.7 Å². The fourth-order valence-corrected chi connectivity index (χ4v) is 3.05.